The molecule has 0 unspecified atom stereocenters. The van der Waals surface area contributed by atoms with E-state index in [1.807, 2.05) is 0 Å². The Kier molecular flexibility index (Phi) is 5.73. The Morgan fingerprint density at radius 3 is 1.79 bits per heavy atom. The topological polar surface area (TPSA) is 12.0 Å². The minimum absolute atomic E-state index is 0.412. The maximum atomic E-state index is 3.55. The zero-order valence-corrected chi connectivity index (χ0v) is 11.0. The lowest BCUT2D eigenvalue weighted by molar-refractivity contribution is 0.261. The monoisotopic (exact) mass is 199 g/mol. The number of hydrogen-bond acceptors (Lipinski definition) is 1. The number of nitrogens with one attached hydrogen (secondary N) is 1. The van der Waals surface area contributed by atoms with Gasteiger partial charge in [0.05, 0.1) is 0 Å². The van der Waals surface area contributed by atoms with E-state index in [2.05, 4.69) is 46.9 Å². The predicted octanol–water partition coefficient (Wildman–Crippen LogP) is 3.84. The van der Waals surface area contributed by atoms with Crippen molar-refractivity contribution in [3.8, 4) is 0 Å². The third kappa shape index (κ3) is 6.42. The van der Waals surface area contributed by atoms with Gasteiger partial charge in [-0.2, -0.15) is 0 Å². The molecular formula is C13H29N. The molecule has 1 heteroatoms. The van der Waals surface area contributed by atoms with Crippen LogP contribution < -0.4 is 5.32 Å². The first kappa shape index (κ1) is 14.0. The summed E-state index contributed by atoms with van der Waals surface area (Å²) in [7, 11) is 0. The van der Waals surface area contributed by atoms with Crippen molar-refractivity contribution in [2.24, 2.45) is 10.8 Å². The van der Waals surface area contributed by atoms with Gasteiger partial charge >= 0.3 is 0 Å². The van der Waals surface area contributed by atoms with Crippen LogP contribution in [0.15, 0.2) is 0 Å². The van der Waals surface area contributed by atoms with Gasteiger partial charge in [-0.15, -0.1) is 0 Å². The summed E-state index contributed by atoms with van der Waals surface area (Å²) in [5, 5.41) is 3.55. The molecule has 0 aromatic heterocycles. The van der Waals surface area contributed by atoms with E-state index in [1.54, 1.807) is 0 Å². The van der Waals surface area contributed by atoms with E-state index in [9.17, 15) is 0 Å². The summed E-state index contributed by atoms with van der Waals surface area (Å²) in [6.07, 6.45) is 3.89. The first-order chi connectivity index (χ1) is 6.33. The van der Waals surface area contributed by atoms with E-state index in [0.717, 1.165) is 13.1 Å². The van der Waals surface area contributed by atoms with Crippen molar-refractivity contribution in [3.05, 3.63) is 0 Å². The van der Waals surface area contributed by atoms with Crippen LogP contribution in [0, 0.1) is 10.8 Å². The second-order valence-electron chi connectivity index (χ2n) is 6.01. The highest BCUT2D eigenvalue weighted by Gasteiger charge is 2.19. The lowest BCUT2D eigenvalue weighted by atomic mass is 9.81. The molecule has 0 bridgehead atoms. The third-order valence-electron chi connectivity index (χ3n) is 3.27. The van der Waals surface area contributed by atoms with Crippen LogP contribution in [0.4, 0.5) is 0 Å². The predicted molar refractivity (Wildman–Crippen MR) is 65.6 cm³/mol. The quantitative estimate of drug-likeness (QED) is 0.641. The van der Waals surface area contributed by atoms with Crippen molar-refractivity contribution in [1.29, 1.82) is 0 Å². The molecule has 0 fully saturated rings. The average Bonchev–Trinajstić information content (AvgIpc) is 2.11. The molecule has 1 N–H and O–H groups in total. The normalized spacial score (nSPS) is 13.3. The molecule has 0 rings (SSSR count). The van der Waals surface area contributed by atoms with E-state index in [1.165, 1.54) is 19.3 Å². The molecule has 0 aliphatic rings. The fourth-order valence-corrected chi connectivity index (χ4v) is 1.46. The Hall–Kier alpha value is -0.0400. The molecular weight excluding hydrogens is 170 g/mol. The molecule has 0 saturated heterocycles. The Labute approximate surface area is 90.7 Å². The molecule has 14 heavy (non-hydrogen) atoms. The van der Waals surface area contributed by atoms with Crippen LogP contribution in [0.2, 0.25) is 0 Å². The average molecular weight is 199 g/mol. The van der Waals surface area contributed by atoms with Gasteiger partial charge in [0.2, 0.25) is 0 Å². The Bertz CT molecular complexity index is 140. The zero-order chi connectivity index (χ0) is 11.2. The molecule has 0 spiro atoms. The van der Waals surface area contributed by atoms with Crippen LogP contribution in [0.1, 0.15) is 60.8 Å². The van der Waals surface area contributed by atoms with Gasteiger partial charge in [0, 0.05) is 0 Å². The van der Waals surface area contributed by atoms with Crippen LogP contribution >= 0.6 is 0 Å². The fourth-order valence-electron chi connectivity index (χ4n) is 1.46. The van der Waals surface area contributed by atoms with Crippen LogP contribution in [-0.4, -0.2) is 13.1 Å². The summed E-state index contributed by atoms with van der Waals surface area (Å²) in [4.78, 5) is 0. The molecule has 0 aromatic carbocycles. The smallest absolute Gasteiger partial charge is 0.0000122 e. The second kappa shape index (κ2) is 5.75. The lowest BCUT2D eigenvalue weighted by Gasteiger charge is -2.27. The summed E-state index contributed by atoms with van der Waals surface area (Å²) in [6, 6.07) is 0. The van der Waals surface area contributed by atoms with Crippen LogP contribution in [0.25, 0.3) is 0 Å². The largest absolute Gasteiger partial charge is 0.316 e. The van der Waals surface area contributed by atoms with Crippen molar-refractivity contribution in [2.45, 2.75) is 60.8 Å². The third-order valence-corrected chi connectivity index (χ3v) is 3.27. The molecule has 0 aliphatic carbocycles. The highest BCUT2D eigenvalue weighted by molar-refractivity contribution is 4.73. The maximum absolute atomic E-state index is 3.55. The van der Waals surface area contributed by atoms with E-state index in [4.69, 9.17) is 0 Å². The van der Waals surface area contributed by atoms with Crippen molar-refractivity contribution in [3.63, 3.8) is 0 Å². The molecule has 0 atom stereocenters. The summed E-state index contributed by atoms with van der Waals surface area (Å²) >= 11 is 0. The molecule has 0 heterocycles. The van der Waals surface area contributed by atoms with Gasteiger partial charge in [-0.1, -0.05) is 54.4 Å². The second-order valence-corrected chi connectivity index (χ2v) is 6.01. The van der Waals surface area contributed by atoms with E-state index < -0.39 is 0 Å². The van der Waals surface area contributed by atoms with Crippen molar-refractivity contribution < 1.29 is 0 Å². The first-order valence-electron chi connectivity index (χ1n) is 6.04. The summed E-state index contributed by atoms with van der Waals surface area (Å²) in [5.74, 6) is 0. The van der Waals surface area contributed by atoms with Gasteiger partial charge in [0.15, 0.2) is 0 Å². The fraction of sp³-hybridized carbons (Fsp3) is 1.00. The van der Waals surface area contributed by atoms with Gasteiger partial charge in [0.1, 0.15) is 0 Å². The Morgan fingerprint density at radius 2 is 1.43 bits per heavy atom. The summed E-state index contributed by atoms with van der Waals surface area (Å²) in [5.41, 5.74) is 0.958. The summed E-state index contributed by atoms with van der Waals surface area (Å²) < 4.78 is 0. The van der Waals surface area contributed by atoms with E-state index >= 15 is 0 Å². The number of rotatable bonds is 6. The van der Waals surface area contributed by atoms with Gasteiger partial charge in [-0.25, -0.2) is 0 Å². The van der Waals surface area contributed by atoms with Crippen molar-refractivity contribution in [2.75, 3.05) is 13.1 Å². The SMILES string of the molecule is CCC(C)(CC)CCNCC(C)(C)C. The number of hydrogen-bond donors (Lipinski definition) is 1. The Morgan fingerprint density at radius 1 is 0.929 bits per heavy atom. The van der Waals surface area contributed by atoms with Crippen molar-refractivity contribution >= 4 is 0 Å². The minimum atomic E-state index is 0.412. The highest BCUT2D eigenvalue weighted by atomic mass is 14.9. The van der Waals surface area contributed by atoms with Gasteiger partial charge < -0.3 is 5.32 Å². The van der Waals surface area contributed by atoms with Crippen molar-refractivity contribution in [1.82, 2.24) is 5.32 Å². The first-order valence-corrected chi connectivity index (χ1v) is 6.04. The molecule has 86 valence electrons. The zero-order valence-electron chi connectivity index (χ0n) is 11.0. The standard InChI is InChI=1S/C13H29N/c1-7-13(6,8-2)9-10-14-11-12(3,4)5/h14H,7-11H2,1-6H3. The van der Waals surface area contributed by atoms with Gasteiger partial charge in [-0.3, -0.25) is 0 Å². The molecule has 1 nitrogen and oxygen atoms in total. The Balaban J connectivity index is 3.63. The summed E-state index contributed by atoms with van der Waals surface area (Å²) in [6.45, 7) is 16.1. The van der Waals surface area contributed by atoms with Crippen LogP contribution in [0.3, 0.4) is 0 Å². The minimum Gasteiger partial charge on any atom is -0.316 e. The van der Waals surface area contributed by atoms with E-state index in [-0.39, 0.29) is 0 Å². The van der Waals surface area contributed by atoms with Crippen LogP contribution in [0.5, 0.6) is 0 Å². The molecule has 0 aromatic rings. The van der Waals surface area contributed by atoms with Gasteiger partial charge in [0.25, 0.3) is 0 Å². The maximum Gasteiger partial charge on any atom is -0.0000122 e. The van der Waals surface area contributed by atoms with E-state index in [0.29, 0.717) is 10.8 Å². The van der Waals surface area contributed by atoms with Crippen LogP contribution in [-0.2, 0) is 0 Å². The molecule has 0 saturated carbocycles. The molecule has 0 radical (unpaired) electrons. The molecule has 0 amide bonds. The lowest BCUT2D eigenvalue weighted by Crippen LogP contribution is -2.30. The molecule has 0 aliphatic heterocycles. The highest BCUT2D eigenvalue weighted by Crippen LogP contribution is 2.28. The van der Waals surface area contributed by atoms with Gasteiger partial charge in [-0.05, 0) is 30.3 Å².